The molecule has 6 nitrogen and oxygen atoms in total. The van der Waals surface area contributed by atoms with Gasteiger partial charge in [-0.1, -0.05) is 0 Å². The Hall–Kier alpha value is -1.24. The standard InChI is InChI=1S/C12H22N6/c1-17(9-11-4-3-5-18(11)2)8-10-6-15-12(16-13)7-14-10/h6-7,11H,3-5,8-9,13H2,1-2H3,(H,15,16). The van der Waals surface area contributed by atoms with E-state index in [1.807, 2.05) is 0 Å². The molecular formula is C12H22N6. The lowest BCUT2D eigenvalue weighted by molar-refractivity contribution is 0.214. The summed E-state index contributed by atoms with van der Waals surface area (Å²) in [5, 5.41) is 0. The summed E-state index contributed by atoms with van der Waals surface area (Å²) in [5.41, 5.74) is 3.45. The minimum atomic E-state index is 0.594. The quantitative estimate of drug-likeness (QED) is 0.578. The number of hydrogen-bond donors (Lipinski definition) is 2. The van der Waals surface area contributed by atoms with Gasteiger partial charge in [-0.2, -0.15) is 0 Å². The molecule has 1 unspecified atom stereocenters. The second-order valence-electron chi connectivity index (χ2n) is 5.01. The molecule has 100 valence electrons. The first kappa shape index (κ1) is 13.2. The van der Waals surface area contributed by atoms with Gasteiger partial charge in [0.25, 0.3) is 0 Å². The number of likely N-dealkylation sites (tertiary alicyclic amines) is 1. The fraction of sp³-hybridized carbons (Fsp3) is 0.667. The Morgan fingerprint density at radius 2 is 2.33 bits per heavy atom. The van der Waals surface area contributed by atoms with Gasteiger partial charge in [-0.25, -0.2) is 10.8 Å². The van der Waals surface area contributed by atoms with Crippen LogP contribution >= 0.6 is 0 Å². The first-order valence-electron chi connectivity index (χ1n) is 6.35. The molecule has 18 heavy (non-hydrogen) atoms. The van der Waals surface area contributed by atoms with Crippen LogP contribution < -0.4 is 11.3 Å². The second-order valence-corrected chi connectivity index (χ2v) is 5.01. The number of nitrogen functional groups attached to an aromatic ring is 1. The van der Waals surface area contributed by atoms with Crippen molar-refractivity contribution in [1.29, 1.82) is 0 Å². The van der Waals surface area contributed by atoms with Crippen molar-refractivity contribution < 1.29 is 0 Å². The number of rotatable bonds is 5. The summed E-state index contributed by atoms with van der Waals surface area (Å²) < 4.78 is 0. The third-order valence-corrected chi connectivity index (χ3v) is 3.48. The molecule has 3 N–H and O–H groups in total. The summed E-state index contributed by atoms with van der Waals surface area (Å²) in [7, 11) is 4.33. The SMILES string of the molecule is CN(Cc1cnc(NN)cn1)CC1CCCN1C. The van der Waals surface area contributed by atoms with Crippen LogP contribution in [0.15, 0.2) is 12.4 Å². The number of hydrazine groups is 1. The van der Waals surface area contributed by atoms with Crippen molar-refractivity contribution >= 4 is 5.82 Å². The van der Waals surface area contributed by atoms with Crippen LogP contribution in [0.3, 0.4) is 0 Å². The van der Waals surface area contributed by atoms with Crippen LogP contribution in [0, 0.1) is 0 Å². The van der Waals surface area contributed by atoms with E-state index in [0.29, 0.717) is 11.9 Å². The predicted octanol–water partition coefficient (Wildman–Crippen LogP) is 0.288. The zero-order chi connectivity index (χ0) is 13.0. The number of hydrogen-bond acceptors (Lipinski definition) is 6. The first-order valence-corrected chi connectivity index (χ1v) is 6.35. The van der Waals surface area contributed by atoms with Gasteiger partial charge in [-0.05, 0) is 33.5 Å². The smallest absolute Gasteiger partial charge is 0.158 e. The molecule has 1 aliphatic heterocycles. The number of likely N-dealkylation sites (N-methyl/N-ethyl adjacent to an activating group) is 2. The lowest BCUT2D eigenvalue weighted by Crippen LogP contribution is -2.36. The van der Waals surface area contributed by atoms with Gasteiger partial charge in [0.1, 0.15) is 0 Å². The first-order chi connectivity index (χ1) is 8.69. The molecule has 1 saturated heterocycles. The summed E-state index contributed by atoms with van der Waals surface area (Å²) in [5.74, 6) is 5.85. The van der Waals surface area contributed by atoms with E-state index in [1.54, 1.807) is 12.4 Å². The van der Waals surface area contributed by atoms with Crippen molar-refractivity contribution in [3.63, 3.8) is 0 Å². The van der Waals surface area contributed by atoms with Gasteiger partial charge in [0.2, 0.25) is 0 Å². The van der Waals surface area contributed by atoms with E-state index >= 15 is 0 Å². The van der Waals surface area contributed by atoms with E-state index in [-0.39, 0.29) is 0 Å². The lowest BCUT2D eigenvalue weighted by atomic mass is 10.2. The van der Waals surface area contributed by atoms with Crippen molar-refractivity contribution in [2.75, 3.05) is 32.6 Å². The molecule has 1 aromatic rings. The predicted molar refractivity (Wildman–Crippen MR) is 71.8 cm³/mol. The molecule has 1 aromatic heterocycles. The Kier molecular flexibility index (Phi) is 4.46. The maximum Gasteiger partial charge on any atom is 0.158 e. The number of anilines is 1. The van der Waals surface area contributed by atoms with Gasteiger partial charge >= 0.3 is 0 Å². The molecule has 1 atom stereocenters. The normalized spacial score (nSPS) is 20.6. The van der Waals surface area contributed by atoms with Crippen LogP contribution in [-0.4, -0.2) is 53.0 Å². The highest BCUT2D eigenvalue weighted by Gasteiger charge is 2.22. The zero-order valence-corrected chi connectivity index (χ0v) is 11.1. The summed E-state index contributed by atoms with van der Waals surface area (Å²) >= 11 is 0. The van der Waals surface area contributed by atoms with Crippen molar-refractivity contribution in [3.05, 3.63) is 18.1 Å². The van der Waals surface area contributed by atoms with Gasteiger partial charge < -0.3 is 10.3 Å². The molecule has 0 bridgehead atoms. The summed E-state index contributed by atoms with van der Waals surface area (Å²) in [6.07, 6.45) is 6.03. The van der Waals surface area contributed by atoms with Gasteiger partial charge in [-0.15, -0.1) is 0 Å². The largest absolute Gasteiger partial charge is 0.307 e. The molecule has 1 fully saturated rings. The van der Waals surface area contributed by atoms with Crippen LogP contribution in [0.5, 0.6) is 0 Å². The zero-order valence-electron chi connectivity index (χ0n) is 11.1. The number of nitrogens with zero attached hydrogens (tertiary/aromatic N) is 4. The molecule has 2 heterocycles. The van der Waals surface area contributed by atoms with Crippen LogP contribution in [0.2, 0.25) is 0 Å². The molecule has 0 amide bonds. The van der Waals surface area contributed by atoms with E-state index < -0.39 is 0 Å². The van der Waals surface area contributed by atoms with Crippen molar-refractivity contribution in [2.45, 2.75) is 25.4 Å². The summed E-state index contributed by atoms with van der Waals surface area (Å²) in [6, 6.07) is 0.674. The van der Waals surface area contributed by atoms with E-state index in [4.69, 9.17) is 5.84 Å². The molecule has 0 aliphatic carbocycles. The fourth-order valence-electron chi connectivity index (χ4n) is 2.42. The molecule has 6 heteroatoms. The van der Waals surface area contributed by atoms with Crippen LogP contribution in [0.1, 0.15) is 18.5 Å². The summed E-state index contributed by atoms with van der Waals surface area (Å²) in [4.78, 5) is 13.2. The second kappa shape index (κ2) is 6.08. The van der Waals surface area contributed by atoms with E-state index in [0.717, 1.165) is 18.8 Å². The fourth-order valence-corrected chi connectivity index (χ4v) is 2.42. The molecule has 0 aromatic carbocycles. The Balaban J connectivity index is 1.84. The molecule has 0 spiro atoms. The maximum absolute atomic E-state index is 5.26. The van der Waals surface area contributed by atoms with E-state index in [2.05, 4.69) is 39.3 Å². The average molecular weight is 250 g/mol. The van der Waals surface area contributed by atoms with E-state index in [1.165, 1.54) is 19.4 Å². The topological polar surface area (TPSA) is 70.3 Å². The minimum absolute atomic E-state index is 0.594. The number of aromatic nitrogens is 2. The third-order valence-electron chi connectivity index (χ3n) is 3.48. The minimum Gasteiger partial charge on any atom is -0.307 e. The Bertz CT molecular complexity index is 365. The van der Waals surface area contributed by atoms with Gasteiger partial charge in [0.05, 0.1) is 18.1 Å². The van der Waals surface area contributed by atoms with Gasteiger partial charge in [0.15, 0.2) is 5.82 Å². The molecule has 0 saturated carbocycles. The Labute approximate surface area is 108 Å². The average Bonchev–Trinajstić information content (AvgIpc) is 2.76. The molecular weight excluding hydrogens is 228 g/mol. The highest BCUT2D eigenvalue weighted by Crippen LogP contribution is 2.16. The highest BCUT2D eigenvalue weighted by atomic mass is 15.3. The number of nitrogens with two attached hydrogens (primary N) is 1. The monoisotopic (exact) mass is 250 g/mol. The molecule has 2 rings (SSSR count). The van der Waals surface area contributed by atoms with Gasteiger partial charge in [-0.3, -0.25) is 9.88 Å². The highest BCUT2D eigenvalue weighted by molar-refractivity contribution is 5.28. The molecule has 0 radical (unpaired) electrons. The Morgan fingerprint density at radius 3 is 2.89 bits per heavy atom. The van der Waals surface area contributed by atoms with Crippen molar-refractivity contribution in [1.82, 2.24) is 19.8 Å². The van der Waals surface area contributed by atoms with Crippen LogP contribution in [-0.2, 0) is 6.54 Å². The number of nitrogens with one attached hydrogen (secondary N) is 1. The maximum atomic E-state index is 5.26. The summed E-state index contributed by atoms with van der Waals surface area (Å²) in [6.45, 7) is 3.12. The van der Waals surface area contributed by atoms with Crippen molar-refractivity contribution in [2.24, 2.45) is 5.84 Å². The lowest BCUT2D eigenvalue weighted by Gasteiger charge is -2.25. The third kappa shape index (κ3) is 3.38. The Morgan fingerprint density at radius 1 is 1.50 bits per heavy atom. The van der Waals surface area contributed by atoms with Crippen LogP contribution in [0.4, 0.5) is 5.82 Å². The van der Waals surface area contributed by atoms with Crippen molar-refractivity contribution in [3.8, 4) is 0 Å². The molecule has 1 aliphatic rings. The van der Waals surface area contributed by atoms with Crippen LogP contribution in [0.25, 0.3) is 0 Å². The van der Waals surface area contributed by atoms with E-state index in [9.17, 15) is 0 Å². The van der Waals surface area contributed by atoms with Gasteiger partial charge in [0, 0.05) is 19.1 Å².